The largest absolute Gasteiger partial charge is 0.489 e. The van der Waals surface area contributed by atoms with Gasteiger partial charge in [-0.1, -0.05) is 30.1 Å². The summed E-state index contributed by atoms with van der Waals surface area (Å²) >= 11 is 11.8. The molecule has 0 saturated carbocycles. The zero-order valence-corrected chi connectivity index (χ0v) is 12.9. The number of rotatable bonds is 8. The average Bonchev–Trinajstić information content (AvgIpc) is 2.42. The number of hydrogen-bond acceptors (Lipinski definition) is 4. The first-order valence-electron chi connectivity index (χ1n) is 6.42. The SMILES string of the molecule is CCN(CCC#N)CC(O)COc1ccc(Cl)cc1Cl. The van der Waals surface area contributed by atoms with Crippen molar-refractivity contribution >= 4 is 23.2 Å². The van der Waals surface area contributed by atoms with Gasteiger partial charge in [0.2, 0.25) is 0 Å². The van der Waals surface area contributed by atoms with Gasteiger partial charge in [0, 0.05) is 24.5 Å². The maximum absolute atomic E-state index is 9.94. The standard InChI is InChI=1S/C14H18Cl2N2O2/c1-2-18(7-3-6-17)9-12(19)10-20-14-5-4-11(15)8-13(14)16/h4-5,8,12,19H,2-3,7,9-10H2,1H3. The molecule has 110 valence electrons. The van der Waals surface area contributed by atoms with E-state index in [0.29, 0.717) is 35.3 Å². The molecular weight excluding hydrogens is 299 g/mol. The molecule has 0 radical (unpaired) electrons. The lowest BCUT2D eigenvalue weighted by molar-refractivity contribution is 0.0706. The Labute approximate surface area is 129 Å². The fraction of sp³-hybridized carbons (Fsp3) is 0.500. The molecule has 0 saturated heterocycles. The Morgan fingerprint density at radius 2 is 2.20 bits per heavy atom. The van der Waals surface area contributed by atoms with Crippen LogP contribution in [0.5, 0.6) is 5.75 Å². The zero-order valence-electron chi connectivity index (χ0n) is 11.4. The number of aliphatic hydroxyl groups is 1. The lowest BCUT2D eigenvalue weighted by Crippen LogP contribution is -2.36. The van der Waals surface area contributed by atoms with E-state index in [2.05, 4.69) is 6.07 Å². The highest BCUT2D eigenvalue weighted by Gasteiger charge is 2.12. The topological polar surface area (TPSA) is 56.5 Å². The van der Waals surface area contributed by atoms with Gasteiger partial charge in [0.15, 0.2) is 0 Å². The maximum atomic E-state index is 9.94. The minimum atomic E-state index is -0.639. The van der Waals surface area contributed by atoms with E-state index in [1.54, 1.807) is 18.2 Å². The lowest BCUT2D eigenvalue weighted by Gasteiger charge is -2.22. The van der Waals surface area contributed by atoms with Crippen LogP contribution in [0.25, 0.3) is 0 Å². The average molecular weight is 317 g/mol. The number of halogens is 2. The molecule has 1 unspecified atom stereocenters. The first-order chi connectivity index (χ1) is 9.56. The van der Waals surface area contributed by atoms with Crippen molar-refractivity contribution in [1.82, 2.24) is 4.90 Å². The molecule has 1 aromatic carbocycles. The molecule has 0 aromatic heterocycles. The summed E-state index contributed by atoms with van der Waals surface area (Å²) in [4.78, 5) is 2.00. The molecule has 0 bridgehead atoms. The summed E-state index contributed by atoms with van der Waals surface area (Å²) in [5.41, 5.74) is 0. The van der Waals surface area contributed by atoms with Gasteiger partial charge < -0.3 is 9.84 Å². The fourth-order valence-corrected chi connectivity index (χ4v) is 2.18. The molecule has 0 heterocycles. The van der Waals surface area contributed by atoms with Crippen molar-refractivity contribution in [3.63, 3.8) is 0 Å². The van der Waals surface area contributed by atoms with E-state index in [0.717, 1.165) is 6.54 Å². The third-order valence-electron chi connectivity index (χ3n) is 2.78. The van der Waals surface area contributed by atoms with Crippen molar-refractivity contribution in [3.8, 4) is 11.8 Å². The number of likely N-dealkylation sites (N-methyl/N-ethyl adjacent to an activating group) is 1. The molecule has 4 nitrogen and oxygen atoms in total. The van der Waals surface area contributed by atoms with E-state index >= 15 is 0 Å². The molecule has 0 fully saturated rings. The van der Waals surface area contributed by atoms with Crippen LogP contribution in [0.3, 0.4) is 0 Å². The van der Waals surface area contributed by atoms with E-state index < -0.39 is 6.10 Å². The Bertz CT molecular complexity index is 463. The molecule has 0 aliphatic carbocycles. The first-order valence-corrected chi connectivity index (χ1v) is 7.17. The van der Waals surface area contributed by atoms with Crippen LogP contribution in [0, 0.1) is 11.3 Å². The summed E-state index contributed by atoms with van der Waals surface area (Å²) in [7, 11) is 0. The Morgan fingerprint density at radius 3 is 2.80 bits per heavy atom. The number of benzene rings is 1. The molecule has 6 heteroatoms. The molecule has 0 spiro atoms. The second kappa shape index (κ2) is 9.04. The van der Waals surface area contributed by atoms with Crippen molar-refractivity contribution in [2.24, 2.45) is 0 Å². The third kappa shape index (κ3) is 5.98. The van der Waals surface area contributed by atoms with E-state index in [-0.39, 0.29) is 6.61 Å². The van der Waals surface area contributed by atoms with Crippen molar-refractivity contribution in [2.75, 3.05) is 26.2 Å². The number of aliphatic hydroxyl groups excluding tert-OH is 1. The van der Waals surface area contributed by atoms with Gasteiger partial charge in [0.25, 0.3) is 0 Å². The summed E-state index contributed by atoms with van der Waals surface area (Å²) in [6.45, 7) is 4.01. The van der Waals surface area contributed by atoms with Crippen LogP contribution >= 0.6 is 23.2 Å². The van der Waals surface area contributed by atoms with Crippen molar-refractivity contribution in [1.29, 1.82) is 5.26 Å². The summed E-state index contributed by atoms with van der Waals surface area (Å²) in [6, 6.07) is 7.04. The molecule has 0 aliphatic heterocycles. The first kappa shape index (κ1) is 17.1. The minimum absolute atomic E-state index is 0.143. The van der Waals surface area contributed by atoms with Gasteiger partial charge >= 0.3 is 0 Å². The van der Waals surface area contributed by atoms with Gasteiger partial charge in [-0.15, -0.1) is 0 Å². The number of nitriles is 1. The minimum Gasteiger partial charge on any atom is -0.489 e. The quantitative estimate of drug-likeness (QED) is 0.801. The van der Waals surface area contributed by atoms with Crippen LogP contribution in [-0.4, -0.2) is 42.4 Å². The normalized spacial score (nSPS) is 12.2. The molecule has 1 atom stereocenters. The monoisotopic (exact) mass is 316 g/mol. The predicted octanol–water partition coefficient (Wildman–Crippen LogP) is 2.97. The van der Waals surface area contributed by atoms with Gasteiger partial charge in [-0.3, -0.25) is 4.90 Å². The van der Waals surface area contributed by atoms with Crippen LogP contribution in [0.1, 0.15) is 13.3 Å². The molecule has 20 heavy (non-hydrogen) atoms. The van der Waals surface area contributed by atoms with Crippen LogP contribution in [-0.2, 0) is 0 Å². The second-order valence-corrected chi connectivity index (χ2v) is 5.18. The lowest BCUT2D eigenvalue weighted by atomic mass is 10.3. The van der Waals surface area contributed by atoms with E-state index in [1.165, 1.54) is 0 Å². The third-order valence-corrected chi connectivity index (χ3v) is 3.31. The number of nitrogens with zero attached hydrogens (tertiary/aromatic N) is 2. The number of hydrogen-bond donors (Lipinski definition) is 1. The molecule has 1 N–H and O–H groups in total. The van der Waals surface area contributed by atoms with E-state index in [1.807, 2.05) is 11.8 Å². The molecule has 1 rings (SSSR count). The predicted molar refractivity (Wildman–Crippen MR) is 80.3 cm³/mol. The molecular formula is C14H18Cl2N2O2. The summed E-state index contributed by atoms with van der Waals surface area (Å²) in [6.07, 6.45) is -0.190. The smallest absolute Gasteiger partial charge is 0.138 e. The van der Waals surface area contributed by atoms with Gasteiger partial charge in [0.1, 0.15) is 18.5 Å². The van der Waals surface area contributed by atoms with Gasteiger partial charge in [-0.25, -0.2) is 0 Å². The van der Waals surface area contributed by atoms with E-state index in [9.17, 15) is 5.11 Å². The van der Waals surface area contributed by atoms with Crippen LogP contribution in [0.2, 0.25) is 10.0 Å². The highest BCUT2D eigenvalue weighted by atomic mass is 35.5. The highest BCUT2D eigenvalue weighted by molar-refractivity contribution is 6.35. The number of ether oxygens (including phenoxy) is 1. The Kier molecular flexibility index (Phi) is 7.71. The Morgan fingerprint density at radius 1 is 1.45 bits per heavy atom. The van der Waals surface area contributed by atoms with Crippen LogP contribution < -0.4 is 4.74 Å². The van der Waals surface area contributed by atoms with Crippen molar-refractivity contribution < 1.29 is 9.84 Å². The van der Waals surface area contributed by atoms with Crippen LogP contribution in [0.4, 0.5) is 0 Å². The van der Waals surface area contributed by atoms with Crippen LogP contribution in [0.15, 0.2) is 18.2 Å². The zero-order chi connectivity index (χ0) is 15.0. The fourth-order valence-electron chi connectivity index (χ4n) is 1.72. The van der Waals surface area contributed by atoms with Gasteiger partial charge in [-0.2, -0.15) is 5.26 Å². The molecule has 1 aromatic rings. The summed E-state index contributed by atoms with van der Waals surface area (Å²) < 4.78 is 5.47. The summed E-state index contributed by atoms with van der Waals surface area (Å²) in [5, 5.41) is 19.5. The Balaban J connectivity index is 2.42. The second-order valence-electron chi connectivity index (χ2n) is 4.34. The summed E-state index contributed by atoms with van der Waals surface area (Å²) in [5.74, 6) is 0.496. The molecule has 0 amide bonds. The maximum Gasteiger partial charge on any atom is 0.138 e. The van der Waals surface area contributed by atoms with E-state index in [4.69, 9.17) is 33.2 Å². The van der Waals surface area contributed by atoms with Crippen molar-refractivity contribution in [2.45, 2.75) is 19.4 Å². The highest BCUT2D eigenvalue weighted by Crippen LogP contribution is 2.27. The van der Waals surface area contributed by atoms with Gasteiger partial charge in [0.05, 0.1) is 11.1 Å². The van der Waals surface area contributed by atoms with Crippen molar-refractivity contribution in [3.05, 3.63) is 28.2 Å². The van der Waals surface area contributed by atoms with Gasteiger partial charge in [-0.05, 0) is 24.7 Å². The Hall–Kier alpha value is -0.990. The molecule has 0 aliphatic rings.